The Morgan fingerprint density at radius 3 is 2.23 bits per heavy atom. The third-order valence-electron chi connectivity index (χ3n) is 2.46. The van der Waals surface area contributed by atoms with Crippen molar-refractivity contribution in [3.8, 4) is 0 Å². The average Bonchev–Trinajstić information content (AvgIpc) is 2.45. The highest BCUT2D eigenvalue weighted by Gasteiger charge is 2.15. The van der Waals surface area contributed by atoms with Crippen LogP contribution in [0.1, 0.15) is 31.1 Å². The van der Waals surface area contributed by atoms with Gasteiger partial charge in [-0.2, -0.15) is 5.11 Å². The number of carbonyl (C=O) groups is 2. The fraction of sp³-hybridized carbons (Fsp3) is 0.333. The maximum absolute atomic E-state index is 11.8. The molecular formula is C15H18N2O5. The largest absolute Gasteiger partial charge is 0.510 e. The number of benzene rings is 1. The summed E-state index contributed by atoms with van der Waals surface area (Å²) in [6, 6.07) is 5.61. The fourth-order valence-electron chi connectivity index (χ4n) is 1.35. The van der Waals surface area contributed by atoms with Gasteiger partial charge in [0.2, 0.25) is 5.70 Å². The van der Waals surface area contributed by atoms with E-state index in [9.17, 15) is 14.7 Å². The molecule has 0 unspecified atom stereocenters. The molecule has 0 radical (unpaired) electrons. The number of hydrogen-bond donors (Lipinski definition) is 2. The standard InChI is InChI=1S/C15H18N2O5/c1-9(2)8-22-15(21)13(10(3)18)17-16-12-6-4-11(5-7-12)14(19)20/h4-7,9,18H,8H2,1-3H3,(H,19,20)/b13-10+,17-16?. The number of ether oxygens (including phenoxy) is 1. The van der Waals surface area contributed by atoms with E-state index < -0.39 is 11.9 Å². The van der Waals surface area contributed by atoms with Gasteiger partial charge in [0, 0.05) is 0 Å². The van der Waals surface area contributed by atoms with E-state index in [-0.39, 0.29) is 29.5 Å². The molecule has 7 nitrogen and oxygen atoms in total. The molecule has 0 aliphatic rings. The molecule has 0 saturated heterocycles. The molecule has 0 spiro atoms. The lowest BCUT2D eigenvalue weighted by Gasteiger charge is -2.07. The lowest BCUT2D eigenvalue weighted by Crippen LogP contribution is -2.12. The van der Waals surface area contributed by atoms with Crippen LogP contribution in [-0.4, -0.2) is 28.8 Å². The zero-order valence-corrected chi connectivity index (χ0v) is 12.6. The fourth-order valence-corrected chi connectivity index (χ4v) is 1.35. The predicted molar refractivity (Wildman–Crippen MR) is 79.0 cm³/mol. The quantitative estimate of drug-likeness (QED) is 0.362. The number of aromatic carboxylic acids is 1. The van der Waals surface area contributed by atoms with Crippen LogP contribution in [0.25, 0.3) is 0 Å². The van der Waals surface area contributed by atoms with Crippen LogP contribution in [0.4, 0.5) is 5.69 Å². The van der Waals surface area contributed by atoms with Gasteiger partial charge in [-0.15, -0.1) is 5.11 Å². The molecule has 2 N–H and O–H groups in total. The third kappa shape index (κ3) is 5.35. The number of carboxylic acids is 1. The first-order valence-electron chi connectivity index (χ1n) is 6.63. The third-order valence-corrected chi connectivity index (χ3v) is 2.46. The monoisotopic (exact) mass is 306 g/mol. The van der Waals surface area contributed by atoms with Crippen molar-refractivity contribution in [2.24, 2.45) is 16.1 Å². The minimum atomic E-state index is -1.05. The Hall–Kier alpha value is -2.70. The van der Waals surface area contributed by atoms with Crippen molar-refractivity contribution in [3.05, 3.63) is 41.3 Å². The Balaban J connectivity index is 2.85. The van der Waals surface area contributed by atoms with Gasteiger partial charge in [0.25, 0.3) is 0 Å². The van der Waals surface area contributed by atoms with Gasteiger partial charge in [-0.25, -0.2) is 9.59 Å². The SMILES string of the molecule is C/C(O)=C(\N=Nc1ccc(C(=O)O)cc1)C(=O)OCC(C)C. The topological polar surface area (TPSA) is 109 Å². The van der Waals surface area contributed by atoms with E-state index in [0.717, 1.165) is 0 Å². The number of allylic oxidation sites excluding steroid dienone is 1. The van der Waals surface area contributed by atoms with Crippen LogP contribution in [0, 0.1) is 5.92 Å². The molecule has 1 rings (SSSR count). The number of carboxylic acid groups (broad SMARTS) is 1. The molecule has 0 amide bonds. The summed E-state index contributed by atoms with van der Waals surface area (Å²) in [4.78, 5) is 22.5. The summed E-state index contributed by atoms with van der Waals surface area (Å²) in [5.41, 5.74) is 0.174. The van der Waals surface area contributed by atoms with Crippen molar-refractivity contribution in [1.29, 1.82) is 0 Å². The van der Waals surface area contributed by atoms with Gasteiger partial charge in [0.1, 0.15) is 5.76 Å². The molecule has 0 fully saturated rings. The van der Waals surface area contributed by atoms with E-state index in [0.29, 0.717) is 5.69 Å². The highest BCUT2D eigenvalue weighted by Crippen LogP contribution is 2.16. The van der Waals surface area contributed by atoms with Crippen LogP contribution in [0.3, 0.4) is 0 Å². The Labute approximate surface area is 127 Å². The number of aliphatic hydroxyl groups excluding tert-OH is 1. The van der Waals surface area contributed by atoms with Crippen molar-refractivity contribution in [1.82, 2.24) is 0 Å². The smallest absolute Gasteiger partial charge is 0.362 e. The van der Waals surface area contributed by atoms with E-state index in [4.69, 9.17) is 9.84 Å². The molecule has 22 heavy (non-hydrogen) atoms. The number of azo groups is 1. The second-order valence-electron chi connectivity index (χ2n) is 4.98. The van der Waals surface area contributed by atoms with Crippen LogP contribution in [0.5, 0.6) is 0 Å². The van der Waals surface area contributed by atoms with E-state index in [1.165, 1.54) is 31.2 Å². The Morgan fingerprint density at radius 1 is 1.18 bits per heavy atom. The number of carbonyl (C=O) groups excluding carboxylic acids is 1. The van der Waals surface area contributed by atoms with Gasteiger partial charge in [-0.3, -0.25) is 0 Å². The van der Waals surface area contributed by atoms with E-state index in [2.05, 4.69) is 10.2 Å². The van der Waals surface area contributed by atoms with Crippen molar-refractivity contribution >= 4 is 17.6 Å². The molecule has 0 aliphatic heterocycles. The van der Waals surface area contributed by atoms with Crippen LogP contribution in [-0.2, 0) is 9.53 Å². The highest BCUT2D eigenvalue weighted by molar-refractivity contribution is 5.88. The number of hydrogen-bond acceptors (Lipinski definition) is 6. The molecule has 0 bridgehead atoms. The van der Waals surface area contributed by atoms with Crippen LogP contribution in [0.15, 0.2) is 46.0 Å². The summed E-state index contributed by atoms with van der Waals surface area (Å²) in [6.45, 7) is 5.28. The van der Waals surface area contributed by atoms with Gasteiger partial charge in [-0.1, -0.05) is 13.8 Å². The summed E-state index contributed by atoms with van der Waals surface area (Å²) in [5, 5.41) is 25.7. The van der Waals surface area contributed by atoms with Crippen molar-refractivity contribution in [3.63, 3.8) is 0 Å². The zero-order valence-electron chi connectivity index (χ0n) is 12.6. The lowest BCUT2D eigenvalue weighted by atomic mass is 10.2. The minimum Gasteiger partial charge on any atom is -0.510 e. The molecule has 118 valence electrons. The van der Waals surface area contributed by atoms with Crippen molar-refractivity contribution < 1.29 is 24.5 Å². The number of esters is 1. The molecule has 0 heterocycles. The van der Waals surface area contributed by atoms with Gasteiger partial charge in [0.15, 0.2) is 0 Å². The van der Waals surface area contributed by atoms with Crippen molar-refractivity contribution in [2.45, 2.75) is 20.8 Å². The van der Waals surface area contributed by atoms with Crippen molar-refractivity contribution in [2.75, 3.05) is 6.61 Å². The normalized spacial score (nSPS) is 12.4. The number of rotatable bonds is 6. The number of aliphatic hydroxyl groups is 1. The van der Waals surface area contributed by atoms with E-state index in [1.54, 1.807) is 0 Å². The Bertz CT molecular complexity index is 599. The molecule has 0 aromatic heterocycles. The summed E-state index contributed by atoms with van der Waals surface area (Å²) >= 11 is 0. The van der Waals surface area contributed by atoms with Gasteiger partial charge in [-0.05, 0) is 37.1 Å². The van der Waals surface area contributed by atoms with E-state index >= 15 is 0 Å². The van der Waals surface area contributed by atoms with Gasteiger partial charge < -0.3 is 14.9 Å². The Morgan fingerprint density at radius 2 is 1.77 bits per heavy atom. The maximum Gasteiger partial charge on any atom is 0.362 e. The molecule has 0 atom stereocenters. The van der Waals surface area contributed by atoms with Crippen LogP contribution in [0.2, 0.25) is 0 Å². The first-order valence-corrected chi connectivity index (χ1v) is 6.63. The molecule has 7 heteroatoms. The molecule has 0 saturated carbocycles. The predicted octanol–water partition coefficient (Wildman–Crippen LogP) is 3.46. The summed E-state index contributed by atoms with van der Waals surface area (Å²) in [5.74, 6) is -1.96. The van der Waals surface area contributed by atoms with Gasteiger partial charge in [0.05, 0.1) is 17.9 Å². The summed E-state index contributed by atoms with van der Waals surface area (Å²) in [6.07, 6.45) is 0. The van der Waals surface area contributed by atoms with E-state index in [1.807, 2.05) is 13.8 Å². The first kappa shape index (κ1) is 17.4. The average molecular weight is 306 g/mol. The highest BCUT2D eigenvalue weighted by atomic mass is 16.5. The molecule has 0 aliphatic carbocycles. The van der Waals surface area contributed by atoms with Crippen LogP contribution >= 0.6 is 0 Å². The molecule has 1 aromatic rings. The number of nitrogens with zero attached hydrogens (tertiary/aromatic N) is 2. The second kappa shape index (κ2) is 7.92. The minimum absolute atomic E-state index is 0.115. The summed E-state index contributed by atoms with van der Waals surface area (Å²) < 4.78 is 4.98. The second-order valence-corrected chi connectivity index (χ2v) is 4.98. The zero-order chi connectivity index (χ0) is 16.7. The molecular weight excluding hydrogens is 288 g/mol. The maximum atomic E-state index is 11.8. The first-order chi connectivity index (χ1) is 10.3. The molecule has 1 aromatic carbocycles. The van der Waals surface area contributed by atoms with Gasteiger partial charge >= 0.3 is 11.9 Å². The lowest BCUT2D eigenvalue weighted by molar-refractivity contribution is -0.140. The van der Waals surface area contributed by atoms with Crippen LogP contribution < -0.4 is 0 Å². The summed E-state index contributed by atoms with van der Waals surface area (Å²) in [7, 11) is 0. The Kier molecular flexibility index (Phi) is 6.25.